The average Bonchev–Trinajstić information content (AvgIpc) is 3.53. The van der Waals surface area contributed by atoms with E-state index < -0.39 is 23.7 Å². The van der Waals surface area contributed by atoms with Gasteiger partial charge in [0.05, 0.1) is 16.7 Å². The molecule has 1 aromatic heterocycles. The lowest BCUT2D eigenvalue weighted by Gasteiger charge is -2.40. The zero-order valence-corrected chi connectivity index (χ0v) is 31.3. The van der Waals surface area contributed by atoms with Crippen LogP contribution in [0.4, 0.5) is 4.79 Å². The molecule has 264 valence electrons. The van der Waals surface area contributed by atoms with E-state index in [9.17, 15) is 14.4 Å². The van der Waals surface area contributed by atoms with Gasteiger partial charge in [0, 0.05) is 50.2 Å². The molecule has 0 saturated carbocycles. The molecule has 3 aliphatic rings. The maximum Gasteiger partial charge on any atom is 0.416 e. The molecule has 0 aliphatic carbocycles. The number of nitrogens with zero attached hydrogens (tertiary/aromatic N) is 3. The molecule has 1 unspecified atom stereocenters. The van der Waals surface area contributed by atoms with Crippen LogP contribution < -0.4 is 0 Å². The Morgan fingerprint density at radius 1 is 1.04 bits per heavy atom. The van der Waals surface area contributed by atoms with Crippen LogP contribution in [0.3, 0.4) is 0 Å². The van der Waals surface area contributed by atoms with E-state index in [1.165, 1.54) is 17.5 Å². The van der Waals surface area contributed by atoms with Crippen molar-refractivity contribution in [3.8, 4) is 11.8 Å². The van der Waals surface area contributed by atoms with Crippen molar-refractivity contribution in [1.82, 2.24) is 9.80 Å². The van der Waals surface area contributed by atoms with Crippen LogP contribution in [-0.4, -0.2) is 76.4 Å². The minimum Gasteiger partial charge on any atom is -0.455 e. The standard InChI is InChI=1S/C40H54N3O5S/c1-9-34-40(6)35-29(4)43(22-14-18-33(35)37(45)48-40)28(3)24-39(5,23-27(2)36(44)42(8)38(46)47-34)21-13-17-31-19-20-32(49-31)26-41(7)25-30-15-11-10-12-16-30/h10-12,15-16,19-20,22,27-29,33-35H,9,14,18,21,23-26H2,1-8H3/q+1/t27-,28-,29-,33?,34-,35+,39+,40-/m1/s1. The van der Waals surface area contributed by atoms with Crippen molar-refractivity contribution in [3.05, 3.63) is 57.8 Å². The lowest BCUT2D eigenvalue weighted by atomic mass is 9.72. The van der Waals surface area contributed by atoms with Crippen molar-refractivity contribution in [2.45, 2.75) is 117 Å². The minimum atomic E-state index is -1.01. The largest absolute Gasteiger partial charge is 0.455 e. The Morgan fingerprint density at radius 2 is 1.78 bits per heavy atom. The highest BCUT2D eigenvalue weighted by Gasteiger charge is 2.62. The number of carbonyl (C=O) groups is 3. The Morgan fingerprint density at radius 3 is 2.49 bits per heavy atom. The summed E-state index contributed by atoms with van der Waals surface area (Å²) in [6, 6.07) is 14.9. The third-order valence-corrected chi connectivity index (χ3v) is 12.0. The molecule has 9 heteroatoms. The second kappa shape index (κ2) is 15.2. The zero-order chi connectivity index (χ0) is 35.5. The predicted molar refractivity (Wildman–Crippen MR) is 193 cm³/mol. The number of imide groups is 1. The van der Waals surface area contributed by atoms with Crippen molar-refractivity contribution in [3.63, 3.8) is 0 Å². The quantitative estimate of drug-likeness (QED) is 0.183. The smallest absolute Gasteiger partial charge is 0.416 e. The van der Waals surface area contributed by atoms with Gasteiger partial charge in [-0.2, -0.15) is 0 Å². The van der Waals surface area contributed by atoms with Gasteiger partial charge in [0.1, 0.15) is 18.4 Å². The molecule has 3 aliphatic heterocycles. The van der Waals surface area contributed by atoms with Gasteiger partial charge in [-0.05, 0) is 70.2 Å². The van der Waals surface area contributed by atoms with E-state index in [4.69, 9.17) is 9.47 Å². The van der Waals surface area contributed by atoms with Crippen molar-refractivity contribution >= 4 is 35.5 Å². The van der Waals surface area contributed by atoms with E-state index in [2.05, 4.69) is 91.7 Å². The van der Waals surface area contributed by atoms with Gasteiger partial charge in [-0.25, -0.2) is 9.37 Å². The van der Waals surface area contributed by atoms with Crippen LogP contribution in [0.2, 0.25) is 0 Å². The SMILES string of the molecule is CC[C@H]1OC(=O)N(C)C(=O)[C@H](C)C[C@](C)(CC#Cc2ccc(CN(C)Cc3ccccc3)s2)C[C@@H](C)[N+]2=CCCC3C(=O)O[C@@]1(C)[C@H]3[C@H]2C. The molecular weight excluding hydrogens is 635 g/mol. The highest BCUT2D eigenvalue weighted by molar-refractivity contribution is 7.12. The van der Waals surface area contributed by atoms with E-state index >= 15 is 0 Å². The Kier molecular flexibility index (Phi) is 11.4. The normalized spacial score (nSPS) is 32.4. The summed E-state index contributed by atoms with van der Waals surface area (Å²) in [4.78, 5) is 46.1. The van der Waals surface area contributed by atoms with Crippen LogP contribution in [0.15, 0.2) is 42.5 Å². The summed E-state index contributed by atoms with van der Waals surface area (Å²) in [6.07, 6.45) is 4.80. The monoisotopic (exact) mass is 688 g/mol. The van der Waals surface area contributed by atoms with Gasteiger partial charge in [-0.15, -0.1) is 11.3 Å². The summed E-state index contributed by atoms with van der Waals surface area (Å²) < 4.78 is 14.6. The van der Waals surface area contributed by atoms with Crippen LogP contribution >= 0.6 is 11.3 Å². The fourth-order valence-corrected chi connectivity index (χ4v) is 9.79. The van der Waals surface area contributed by atoms with Crippen LogP contribution in [0.1, 0.15) is 95.4 Å². The number of cyclic esters (lactones) is 1. The van der Waals surface area contributed by atoms with Crippen molar-refractivity contribution in [2.75, 3.05) is 14.1 Å². The van der Waals surface area contributed by atoms with Gasteiger partial charge < -0.3 is 9.47 Å². The molecule has 2 fully saturated rings. The first-order valence-electron chi connectivity index (χ1n) is 17.9. The third-order valence-electron chi connectivity index (χ3n) is 11.0. The fourth-order valence-electron chi connectivity index (χ4n) is 8.83. The molecule has 8 atom stereocenters. The fraction of sp³-hybridized carbons (Fsp3) is 0.600. The van der Waals surface area contributed by atoms with Gasteiger partial charge in [0.15, 0.2) is 11.6 Å². The van der Waals surface area contributed by atoms with Crippen molar-refractivity contribution < 1.29 is 28.4 Å². The number of hydrogen-bond donors (Lipinski definition) is 0. The van der Waals surface area contributed by atoms with Crippen LogP contribution in [-0.2, 0) is 32.2 Å². The molecule has 2 amide bonds. The van der Waals surface area contributed by atoms with Crippen LogP contribution in [0.5, 0.6) is 0 Å². The highest BCUT2D eigenvalue weighted by Crippen LogP contribution is 2.48. The topological polar surface area (TPSA) is 79.2 Å². The molecule has 2 aromatic rings. The lowest BCUT2D eigenvalue weighted by molar-refractivity contribution is -0.604. The number of amides is 2. The third kappa shape index (κ3) is 8.13. The van der Waals surface area contributed by atoms with E-state index in [1.807, 2.05) is 26.8 Å². The van der Waals surface area contributed by atoms with E-state index in [0.717, 1.165) is 35.7 Å². The van der Waals surface area contributed by atoms with Gasteiger partial charge in [0.2, 0.25) is 5.91 Å². The average molecular weight is 689 g/mol. The summed E-state index contributed by atoms with van der Waals surface area (Å²) in [6.45, 7) is 14.1. The number of fused-ring (bicyclic) bond motifs is 1. The first-order chi connectivity index (χ1) is 23.2. The summed E-state index contributed by atoms with van der Waals surface area (Å²) in [7, 11) is 3.62. The van der Waals surface area contributed by atoms with Crippen molar-refractivity contribution in [1.29, 1.82) is 0 Å². The molecule has 0 radical (unpaired) electrons. The second-order valence-corrected chi connectivity index (χ2v) is 16.4. The Labute approximate surface area is 296 Å². The van der Waals surface area contributed by atoms with E-state index in [-0.39, 0.29) is 41.2 Å². The summed E-state index contributed by atoms with van der Waals surface area (Å²) in [5, 5.41) is 0. The Hall–Kier alpha value is -3.48. The molecule has 49 heavy (non-hydrogen) atoms. The summed E-state index contributed by atoms with van der Waals surface area (Å²) >= 11 is 1.72. The second-order valence-electron chi connectivity index (χ2n) is 15.2. The molecule has 0 spiro atoms. The molecule has 5 rings (SSSR count). The predicted octanol–water partition coefficient (Wildman–Crippen LogP) is 7.13. The molecule has 2 saturated heterocycles. The first-order valence-corrected chi connectivity index (χ1v) is 18.7. The maximum absolute atomic E-state index is 13.7. The number of esters is 1. The van der Waals surface area contributed by atoms with Crippen molar-refractivity contribution in [2.24, 2.45) is 23.2 Å². The molecule has 2 bridgehead atoms. The van der Waals surface area contributed by atoms with Crippen LogP contribution in [0.25, 0.3) is 0 Å². The number of benzene rings is 1. The summed E-state index contributed by atoms with van der Waals surface area (Å²) in [5.74, 6) is 5.55. The molecule has 8 nitrogen and oxygen atoms in total. The lowest BCUT2D eigenvalue weighted by Crippen LogP contribution is -2.55. The minimum absolute atomic E-state index is 0.0219. The summed E-state index contributed by atoms with van der Waals surface area (Å²) in [5.41, 5.74) is -0.0335. The van der Waals surface area contributed by atoms with Gasteiger partial charge in [-0.1, -0.05) is 62.9 Å². The number of carbonyl (C=O) groups excluding carboxylic acids is 3. The number of rotatable bonds is 6. The number of hydrogen-bond acceptors (Lipinski definition) is 7. The number of ether oxygens (including phenoxy) is 2. The Balaban J connectivity index is 1.39. The first kappa shape index (κ1) is 36.8. The Bertz CT molecular complexity index is 1610. The van der Waals surface area contributed by atoms with E-state index in [0.29, 0.717) is 25.7 Å². The molecule has 1 aromatic carbocycles. The van der Waals surface area contributed by atoms with E-state index in [1.54, 1.807) is 11.3 Å². The van der Waals surface area contributed by atoms with Gasteiger partial charge >= 0.3 is 12.1 Å². The van der Waals surface area contributed by atoms with Gasteiger partial charge in [-0.3, -0.25) is 19.4 Å². The maximum atomic E-state index is 13.7. The molecule has 0 N–H and O–H groups in total. The number of thiophene rings is 1. The van der Waals surface area contributed by atoms with Gasteiger partial charge in [0.25, 0.3) is 0 Å². The van der Waals surface area contributed by atoms with Crippen LogP contribution in [0, 0.1) is 35.0 Å². The zero-order valence-electron chi connectivity index (χ0n) is 30.5. The molecular formula is C40H54N3O5S+. The highest BCUT2D eigenvalue weighted by atomic mass is 32.1. The molecule has 4 heterocycles.